The van der Waals surface area contributed by atoms with E-state index in [0.29, 0.717) is 5.69 Å². The number of nitrogens with zero attached hydrogens (tertiary/aromatic N) is 1. The van der Waals surface area contributed by atoms with Gasteiger partial charge in [0.2, 0.25) is 0 Å². The average molecular weight is 281 g/mol. The summed E-state index contributed by atoms with van der Waals surface area (Å²) in [7, 11) is 0. The summed E-state index contributed by atoms with van der Waals surface area (Å²) in [5.41, 5.74) is 10.3. The molecule has 0 saturated heterocycles. The maximum atomic E-state index is 13.2. The Labute approximate surface area is 122 Å². The van der Waals surface area contributed by atoms with Crippen molar-refractivity contribution in [3.05, 3.63) is 59.7 Å². The van der Waals surface area contributed by atoms with Gasteiger partial charge in [-0.1, -0.05) is 0 Å². The zero-order valence-electron chi connectivity index (χ0n) is 11.9. The zero-order valence-corrected chi connectivity index (χ0v) is 11.9. The van der Waals surface area contributed by atoms with Gasteiger partial charge in [0.1, 0.15) is 5.82 Å². The molecular weight excluding hydrogens is 265 g/mol. The van der Waals surface area contributed by atoms with Gasteiger partial charge < -0.3 is 11.1 Å². The fourth-order valence-electron chi connectivity index (χ4n) is 2.39. The van der Waals surface area contributed by atoms with E-state index < -0.39 is 0 Å². The molecule has 1 heterocycles. The molecule has 3 aromatic rings. The Bertz CT molecular complexity index is 828. The lowest BCUT2D eigenvalue weighted by molar-refractivity contribution is 0.627. The highest BCUT2D eigenvalue weighted by Gasteiger charge is 2.07. The molecule has 0 aliphatic carbocycles. The summed E-state index contributed by atoms with van der Waals surface area (Å²) < 4.78 is 13.2. The first kappa shape index (κ1) is 13.4. The standard InChI is InChI=1S/C17H16FN3/c1-10-7-12(18)3-5-16(10)21-17-6-4-15(19)14-9-20-11(2)8-13(14)17/h3-9,21H,19H2,1-2H3. The van der Waals surface area contributed by atoms with Crippen molar-refractivity contribution in [2.75, 3.05) is 11.1 Å². The molecule has 0 fully saturated rings. The minimum atomic E-state index is -0.236. The monoisotopic (exact) mass is 281 g/mol. The lowest BCUT2D eigenvalue weighted by Crippen LogP contribution is -1.97. The maximum Gasteiger partial charge on any atom is 0.123 e. The lowest BCUT2D eigenvalue weighted by atomic mass is 10.1. The lowest BCUT2D eigenvalue weighted by Gasteiger charge is -2.13. The fourth-order valence-corrected chi connectivity index (χ4v) is 2.39. The summed E-state index contributed by atoms with van der Waals surface area (Å²) in [5.74, 6) is -0.236. The molecule has 4 heteroatoms. The van der Waals surface area contributed by atoms with Crippen LogP contribution < -0.4 is 11.1 Å². The van der Waals surface area contributed by atoms with E-state index in [1.807, 2.05) is 32.0 Å². The minimum absolute atomic E-state index is 0.236. The van der Waals surface area contributed by atoms with Crippen LogP contribution in [-0.2, 0) is 0 Å². The minimum Gasteiger partial charge on any atom is -0.398 e. The SMILES string of the molecule is Cc1cc2c(Nc3ccc(F)cc3C)ccc(N)c2cn1. The van der Waals surface area contributed by atoms with Gasteiger partial charge >= 0.3 is 0 Å². The van der Waals surface area contributed by atoms with Crippen LogP contribution in [0.5, 0.6) is 0 Å². The molecule has 0 unspecified atom stereocenters. The third kappa shape index (κ3) is 2.52. The Morgan fingerprint density at radius 3 is 2.52 bits per heavy atom. The van der Waals surface area contributed by atoms with Gasteiger partial charge in [-0.3, -0.25) is 4.98 Å². The number of nitrogens with one attached hydrogen (secondary N) is 1. The number of pyridine rings is 1. The molecule has 0 saturated carbocycles. The van der Waals surface area contributed by atoms with Gasteiger partial charge in [0, 0.05) is 39.7 Å². The summed E-state index contributed by atoms with van der Waals surface area (Å²) in [6.07, 6.45) is 1.78. The molecule has 0 aliphatic rings. The van der Waals surface area contributed by atoms with Gasteiger partial charge in [-0.05, 0) is 55.8 Å². The van der Waals surface area contributed by atoms with Gasteiger partial charge in [-0.25, -0.2) is 4.39 Å². The Balaban J connectivity index is 2.12. The summed E-state index contributed by atoms with van der Waals surface area (Å²) in [4.78, 5) is 4.29. The van der Waals surface area contributed by atoms with Crippen molar-refractivity contribution in [3.63, 3.8) is 0 Å². The van der Waals surface area contributed by atoms with Crippen LogP contribution in [0.1, 0.15) is 11.3 Å². The van der Waals surface area contributed by atoms with E-state index in [-0.39, 0.29) is 5.82 Å². The highest BCUT2D eigenvalue weighted by atomic mass is 19.1. The highest BCUT2D eigenvalue weighted by Crippen LogP contribution is 2.31. The van der Waals surface area contributed by atoms with E-state index in [2.05, 4.69) is 10.3 Å². The predicted octanol–water partition coefficient (Wildman–Crippen LogP) is 4.32. The van der Waals surface area contributed by atoms with Crippen LogP contribution in [0.25, 0.3) is 10.8 Å². The molecule has 3 nitrogen and oxygen atoms in total. The van der Waals surface area contributed by atoms with Gasteiger partial charge in [-0.15, -0.1) is 0 Å². The number of anilines is 3. The van der Waals surface area contributed by atoms with Crippen molar-refractivity contribution in [1.29, 1.82) is 0 Å². The molecule has 3 N–H and O–H groups in total. The molecule has 2 aromatic carbocycles. The molecular formula is C17H16FN3. The number of nitrogens with two attached hydrogens (primary N) is 1. The number of rotatable bonds is 2. The number of nitrogen functional groups attached to an aromatic ring is 1. The van der Waals surface area contributed by atoms with Crippen LogP contribution >= 0.6 is 0 Å². The van der Waals surface area contributed by atoms with Crippen molar-refractivity contribution in [1.82, 2.24) is 4.98 Å². The molecule has 21 heavy (non-hydrogen) atoms. The first-order valence-electron chi connectivity index (χ1n) is 6.72. The fraction of sp³-hybridized carbons (Fsp3) is 0.118. The molecule has 0 radical (unpaired) electrons. The smallest absolute Gasteiger partial charge is 0.123 e. The molecule has 0 atom stereocenters. The quantitative estimate of drug-likeness (QED) is 0.688. The highest BCUT2D eigenvalue weighted by molar-refractivity contribution is 6.01. The summed E-state index contributed by atoms with van der Waals surface area (Å²) in [6, 6.07) is 10.5. The van der Waals surface area contributed by atoms with E-state index in [0.717, 1.165) is 33.4 Å². The first-order chi connectivity index (χ1) is 10.0. The van der Waals surface area contributed by atoms with Crippen LogP contribution in [0.15, 0.2) is 42.6 Å². The van der Waals surface area contributed by atoms with E-state index >= 15 is 0 Å². The van der Waals surface area contributed by atoms with Crippen molar-refractivity contribution < 1.29 is 4.39 Å². The van der Waals surface area contributed by atoms with Gasteiger partial charge in [-0.2, -0.15) is 0 Å². The number of fused-ring (bicyclic) bond motifs is 1. The number of aromatic nitrogens is 1. The molecule has 3 rings (SSSR count). The van der Waals surface area contributed by atoms with Crippen LogP contribution in [0.4, 0.5) is 21.5 Å². The average Bonchev–Trinajstić information content (AvgIpc) is 2.44. The Morgan fingerprint density at radius 1 is 1.00 bits per heavy atom. The first-order valence-corrected chi connectivity index (χ1v) is 6.72. The van der Waals surface area contributed by atoms with E-state index in [4.69, 9.17) is 5.73 Å². The largest absolute Gasteiger partial charge is 0.398 e. The van der Waals surface area contributed by atoms with Crippen molar-refractivity contribution in [2.45, 2.75) is 13.8 Å². The Kier molecular flexibility index (Phi) is 3.22. The molecule has 0 aliphatic heterocycles. The second kappa shape index (κ2) is 5.05. The van der Waals surface area contributed by atoms with E-state index in [1.165, 1.54) is 12.1 Å². The van der Waals surface area contributed by atoms with E-state index in [9.17, 15) is 4.39 Å². The normalized spacial score (nSPS) is 10.8. The number of aryl methyl sites for hydroxylation is 2. The second-order valence-corrected chi connectivity index (χ2v) is 5.16. The van der Waals surface area contributed by atoms with E-state index in [1.54, 1.807) is 12.3 Å². The number of halogens is 1. The summed E-state index contributed by atoms with van der Waals surface area (Å²) >= 11 is 0. The molecule has 0 amide bonds. The summed E-state index contributed by atoms with van der Waals surface area (Å²) in [5, 5.41) is 5.26. The predicted molar refractivity (Wildman–Crippen MR) is 85.3 cm³/mol. The Morgan fingerprint density at radius 2 is 1.76 bits per heavy atom. The molecule has 1 aromatic heterocycles. The maximum absolute atomic E-state index is 13.2. The number of hydrogen-bond acceptors (Lipinski definition) is 3. The van der Waals surface area contributed by atoms with Crippen LogP contribution in [-0.4, -0.2) is 4.98 Å². The van der Waals surface area contributed by atoms with Crippen molar-refractivity contribution in [3.8, 4) is 0 Å². The number of hydrogen-bond donors (Lipinski definition) is 2. The number of benzene rings is 2. The van der Waals surface area contributed by atoms with Gasteiger partial charge in [0.25, 0.3) is 0 Å². The third-order valence-electron chi connectivity index (χ3n) is 3.53. The third-order valence-corrected chi connectivity index (χ3v) is 3.53. The van der Waals surface area contributed by atoms with Crippen molar-refractivity contribution >= 4 is 27.8 Å². The topological polar surface area (TPSA) is 50.9 Å². The Hall–Kier alpha value is -2.62. The van der Waals surface area contributed by atoms with Gasteiger partial charge in [0.15, 0.2) is 0 Å². The molecule has 0 bridgehead atoms. The van der Waals surface area contributed by atoms with Crippen LogP contribution in [0.3, 0.4) is 0 Å². The van der Waals surface area contributed by atoms with Crippen LogP contribution in [0, 0.1) is 19.7 Å². The zero-order chi connectivity index (χ0) is 15.0. The van der Waals surface area contributed by atoms with Crippen molar-refractivity contribution in [2.24, 2.45) is 0 Å². The molecule has 106 valence electrons. The molecule has 0 spiro atoms. The summed E-state index contributed by atoms with van der Waals surface area (Å²) in [6.45, 7) is 3.81. The van der Waals surface area contributed by atoms with Gasteiger partial charge in [0.05, 0.1) is 0 Å². The second-order valence-electron chi connectivity index (χ2n) is 5.16. The van der Waals surface area contributed by atoms with Crippen LogP contribution in [0.2, 0.25) is 0 Å².